The number of ether oxygens (including phenoxy) is 2. The Kier molecular flexibility index (Phi) is 6.40. The highest BCUT2D eigenvalue weighted by Crippen LogP contribution is 2.21. The van der Waals surface area contributed by atoms with Crippen molar-refractivity contribution in [1.29, 1.82) is 0 Å². The zero-order valence-electron chi connectivity index (χ0n) is 15.9. The lowest BCUT2D eigenvalue weighted by molar-refractivity contribution is -0.119. The van der Waals surface area contributed by atoms with Gasteiger partial charge in [-0.1, -0.05) is 18.2 Å². The zero-order chi connectivity index (χ0) is 20.8. The van der Waals surface area contributed by atoms with Gasteiger partial charge in [-0.25, -0.2) is 9.48 Å². The van der Waals surface area contributed by atoms with Crippen LogP contribution in [0, 0.1) is 0 Å². The summed E-state index contributed by atoms with van der Waals surface area (Å²) < 4.78 is 11.8. The first-order chi connectivity index (χ1) is 14.0. The number of nitrogens with one attached hydrogen (secondary N) is 1. The molecule has 1 aromatic carbocycles. The largest absolute Gasteiger partial charge is 0.493 e. The third-order valence-corrected chi connectivity index (χ3v) is 5.02. The van der Waals surface area contributed by atoms with E-state index in [-0.39, 0.29) is 23.1 Å². The average Bonchev–Trinajstić information content (AvgIpc) is 3.38. The Morgan fingerprint density at radius 3 is 2.59 bits per heavy atom. The number of methoxy groups -OCH3 is 1. The van der Waals surface area contributed by atoms with Gasteiger partial charge in [0.1, 0.15) is 0 Å². The maximum absolute atomic E-state index is 12.4. The van der Waals surface area contributed by atoms with Gasteiger partial charge in [0.2, 0.25) is 17.4 Å². The molecule has 8 nitrogen and oxygen atoms in total. The van der Waals surface area contributed by atoms with Crippen LogP contribution < -0.4 is 10.1 Å². The van der Waals surface area contributed by atoms with Gasteiger partial charge in [-0.3, -0.25) is 9.59 Å². The van der Waals surface area contributed by atoms with Crippen LogP contribution in [0.15, 0.2) is 48.7 Å². The number of ketones is 1. The summed E-state index contributed by atoms with van der Waals surface area (Å²) >= 11 is 1.24. The smallest absolute Gasteiger partial charge is 0.363 e. The minimum absolute atomic E-state index is 0.0123. The van der Waals surface area contributed by atoms with Crippen molar-refractivity contribution in [2.24, 2.45) is 0 Å². The summed E-state index contributed by atoms with van der Waals surface area (Å²) in [5.74, 6) is -0.983. The van der Waals surface area contributed by atoms with Gasteiger partial charge in [-0.15, -0.1) is 11.3 Å². The SMILES string of the molecule is COc1cn(-c2ccccc2)nc1C(=O)OCC(=O)c1ccc(CNC(C)=O)s1. The van der Waals surface area contributed by atoms with Crippen LogP contribution in [-0.2, 0) is 16.1 Å². The summed E-state index contributed by atoms with van der Waals surface area (Å²) in [5.41, 5.74) is 0.743. The molecule has 2 heterocycles. The molecule has 2 aromatic heterocycles. The predicted molar refractivity (Wildman–Crippen MR) is 107 cm³/mol. The molecule has 1 amide bonds. The van der Waals surface area contributed by atoms with Crippen LogP contribution in [-0.4, -0.2) is 41.2 Å². The second-order valence-corrected chi connectivity index (χ2v) is 7.17. The number of esters is 1. The Hall–Kier alpha value is -3.46. The van der Waals surface area contributed by atoms with Gasteiger partial charge in [0.25, 0.3) is 0 Å². The minimum atomic E-state index is -0.750. The Labute approximate surface area is 171 Å². The maximum Gasteiger partial charge on any atom is 0.363 e. The third-order valence-electron chi connectivity index (χ3n) is 3.90. The fraction of sp³-hybridized carbons (Fsp3) is 0.200. The fourth-order valence-electron chi connectivity index (χ4n) is 2.47. The molecular weight excluding hydrogens is 394 g/mol. The molecular formula is C20H19N3O5S. The molecule has 0 aliphatic heterocycles. The Balaban J connectivity index is 1.64. The average molecular weight is 413 g/mol. The summed E-state index contributed by atoms with van der Waals surface area (Å²) in [7, 11) is 1.43. The number of para-hydroxylation sites is 1. The molecule has 0 fully saturated rings. The molecule has 0 radical (unpaired) electrons. The number of carbonyl (C=O) groups is 3. The van der Waals surface area contributed by atoms with Crippen molar-refractivity contribution < 1.29 is 23.9 Å². The number of nitrogens with zero attached hydrogens (tertiary/aromatic N) is 2. The lowest BCUT2D eigenvalue weighted by Gasteiger charge is -2.03. The van der Waals surface area contributed by atoms with Gasteiger partial charge in [-0.2, -0.15) is 5.10 Å². The van der Waals surface area contributed by atoms with Gasteiger partial charge in [0.05, 0.1) is 30.4 Å². The first kappa shape index (κ1) is 20.3. The van der Waals surface area contributed by atoms with Crippen molar-refractivity contribution in [2.75, 3.05) is 13.7 Å². The van der Waals surface area contributed by atoms with E-state index in [4.69, 9.17) is 9.47 Å². The van der Waals surface area contributed by atoms with Crippen LogP contribution in [0.2, 0.25) is 0 Å². The number of carbonyl (C=O) groups excluding carboxylic acids is 3. The van der Waals surface area contributed by atoms with E-state index in [1.807, 2.05) is 30.3 Å². The molecule has 3 rings (SSSR count). The highest BCUT2D eigenvalue weighted by molar-refractivity contribution is 7.14. The topological polar surface area (TPSA) is 99.5 Å². The summed E-state index contributed by atoms with van der Waals surface area (Å²) in [6.07, 6.45) is 1.57. The van der Waals surface area contributed by atoms with E-state index < -0.39 is 12.6 Å². The molecule has 0 unspecified atom stereocenters. The Morgan fingerprint density at radius 1 is 1.14 bits per heavy atom. The Bertz CT molecular complexity index is 1030. The second-order valence-electron chi connectivity index (χ2n) is 6.00. The van der Waals surface area contributed by atoms with Crippen LogP contribution in [0.3, 0.4) is 0 Å². The van der Waals surface area contributed by atoms with E-state index in [2.05, 4.69) is 10.4 Å². The van der Waals surface area contributed by atoms with Crippen molar-refractivity contribution in [3.8, 4) is 11.4 Å². The first-order valence-corrected chi connectivity index (χ1v) is 9.52. The summed E-state index contributed by atoms with van der Waals surface area (Å²) in [4.78, 5) is 37.0. The van der Waals surface area contributed by atoms with Gasteiger partial charge in [-0.05, 0) is 24.3 Å². The lowest BCUT2D eigenvalue weighted by Crippen LogP contribution is -2.18. The highest BCUT2D eigenvalue weighted by Gasteiger charge is 2.21. The molecule has 0 saturated carbocycles. The molecule has 3 aromatic rings. The number of rotatable bonds is 8. The third kappa shape index (κ3) is 5.08. The van der Waals surface area contributed by atoms with E-state index in [0.29, 0.717) is 11.4 Å². The molecule has 150 valence electrons. The monoisotopic (exact) mass is 413 g/mol. The fourth-order valence-corrected chi connectivity index (χ4v) is 3.34. The summed E-state index contributed by atoms with van der Waals surface area (Å²) in [5, 5.41) is 6.88. The normalized spacial score (nSPS) is 10.4. The molecule has 9 heteroatoms. The van der Waals surface area contributed by atoms with Crippen molar-refractivity contribution in [2.45, 2.75) is 13.5 Å². The van der Waals surface area contributed by atoms with Crippen LogP contribution in [0.4, 0.5) is 0 Å². The standard InChI is InChI=1S/C20H19N3O5S/c1-13(24)21-10-15-8-9-18(29-15)16(25)12-28-20(26)19-17(27-2)11-23(22-19)14-6-4-3-5-7-14/h3-9,11H,10,12H2,1-2H3,(H,21,24). The number of Topliss-reactive ketones (excluding diaryl/α,β-unsaturated/α-hetero) is 1. The van der Waals surface area contributed by atoms with Gasteiger partial charge in [0, 0.05) is 11.8 Å². The van der Waals surface area contributed by atoms with Crippen molar-refractivity contribution in [3.05, 3.63) is 64.1 Å². The first-order valence-electron chi connectivity index (χ1n) is 8.70. The quantitative estimate of drug-likeness (QED) is 0.450. The van der Waals surface area contributed by atoms with Crippen LogP contribution in [0.25, 0.3) is 5.69 Å². The highest BCUT2D eigenvalue weighted by atomic mass is 32.1. The number of amides is 1. The van der Waals surface area contributed by atoms with Crippen LogP contribution in [0.5, 0.6) is 5.75 Å². The van der Waals surface area contributed by atoms with Gasteiger partial charge < -0.3 is 14.8 Å². The van der Waals surface area contributed by atoms with Gasteiger partial charge in [0.15, 0.2) is 12.4 Å². The molecule has 0 bridgehead atoms. The maximum atomic E-state index is 12.4. The Morgan fingerprint density at radius 2 is 1.90 bits per heavy atom. The molecule has 29 heavy (non-hydrogen) atoms. The van der Waals surface area contributed by atoms with E-state index in [1.165, 1.54) is 30.1 Å². The lowest BCUT2D eigenvalue weighted by atomic mass is 10.3. The number of benzene rings is 1. The molecule has 0 saturated heterocycles. The summed E-state index contributed by atoms with van der Waals surface area (Å²) in [6, 6.07) is 12.6. The zero-order valence-corrected chi connectivity index (χ0v) is 16.7. The number of thiophene rings is 1. The van der Waals surface area contributed by atoms with Crippen molar-refractivity contribution >= 4 is 29.0 Å². The number of hydrogen-bond acceptors (Lipinski definition) is 7. The van der Waals surface area contributed by atoms with E-state index in [0.717, 1.165) is 10.6 Å². The molecule has 0 spiro atoms. The van der Waals surface area contributed by atoms with E-state index in [1.54, 1.807) is 18.3 Å². The molecule has 0 aliphatic rings. The van der Waals surface area contributed by atoms with Crippen molar-refractivity contribution in [3.63, 3.8) is 0 Å². The predicted octanol–water partition coefficient (Wildman–Crippen LogP) is 2.62. The second kappa shape index (κ2) is 9.16. The van der Waals surface area contributed by atoms with Crippen LogP contribution in [0.1, 0.15) is 32.0 Å². The molecule has 1 N–H and O–H groups in total. The molecule has 0 aliphatic carbocycles. The van der Waals surface area contributed by atoms with E-state index in [9.17, 15) is 14.4 Å². The van der Waals surface area contributed by atoms with Gasteiger partial charge >= 0.3 is 5.97 Å². The van der Waals surface area contributed by atoms with E-state index >= 15 is 0 Å². The minimum Gasteiger partial charge on any atom is -0.493 e. The number of aromatic nitrogens is 2. The number of hydrogen-bond donors (Lipinski definition) is 1. The summed E-state index contributed by atoms with van der Waals surface area (Å²) in [6.45, 7) is 1.36. The van der Waals surface area contributed by atoms with Crippen LogP contribution >= 0.6 is 11.3 Å². The van der Waals surface area contributed by atoms with Crippen molar-refractivity contribution in [1.82, 2.24) is 15.1 Å². The molecule has 0 atom stereocenters.